The topological polar surface area (TPSA) is 65.6 Å². The molecule has 10 heteroatoms. The van der Waals surface area contributed by atoms with E-state index in [9.17, 15) is 22.4 Å². The van der Waals surface area contributed by atoms with Crippen LogP contribution in [0.3, 0.4) is 0 Å². The maximum Gasteiger partial charge on any atom is 0.413 e. The van der Waals surface area contributed by atoms with Gasteiger partial charge in [0.2, 0.25) is 0 Å². The minimum Gasteiger partial charge on any atom is -0.447 e. The molecule has 0 aromatic rings. The first kappa shape index (κ1) is 26.0. The first-order valence-electron chi connectivity index (χ1n) is 11.7. The molecule has 8 unspecified atom stereocenters. The van der Waals surface area contributed by atoms with Crippen molar-refractivity contribution in [3.63, 3.8) is 0 Å². The summed E-state index contributed by atoms with van der Waals surface area (Å²) in [5, 5.41) is 9.17. The van der Waals surface area contributed by atoms with Crippen molar-refractivity contribution in [3.8, 4) is 0 Å². The number of hydrogen-bond acceptors (Lipinski definition) is 5. The number of halogens is 4. The normalized spacial score (nSPS) is 37.1. The number of cyclic esters (lactones) is 1. The zero-order chi connectivity index (χ0) is 24.3. The van der Waals surface area contributed by atoms with Gasteiger partial charge in [0.1, 0.15) is 12.8 Å². The van der Waals surface area contributed by atoms with Gasteiger partial charge in [0.05, 0.1) is 6.04 Å². The van der Waals surface area contributed by atoms with Crippen LogP contribution in [0.1, 0.15) is 33.1 Å². The number of likely N-dealkylation sites (tertiary alicyclic amines) is 1. The predicted molar refractivity (Wildman–Crippen MR) is 119 cm³/mol. The molecule has 3 N–H and O–H groups in total. The Bertz CT molecular complexity index is 732. The third kappa shape index (κ3) is 6.48. The summed E-state index contributed by atoms with van der Waals surface area (Å²) in [5.41, 5.74) is -0.787. The van der Waals surface area contributed by atoms with E-state index < -0.39 is 30.1 Å². The number of nitrogens with zero attached hydrogens (tertiary/aromatic N) is 1. The minimum absolute atomic E-state index is 0.115. The van der Waals surface area contributed by atoms with Gasteiger partial charge in [0, 0.05) is 36.3 Å². The fourth-order valence-electron chi connectivity index (χ4n) is 5.40. The minimum atomic E-state index is -4.51. The summed E-state index contributed by atoms with van der Waals surface area (Å²) < 4.78 is 60.4. The van der Waals surface area contributed by atoms with Gasteiger partial charge >= 0.3 is 12.3 Å². The van der Waals surface area contributed by atoms with Gasteiger partial charge in [-0.05, 0) is 45.2 Å². The van der Waals surface area contributed by atoms with Crippen LogP contribution in [0.25, 0.3) is 0 Å². The summed E-state index contributed by atoms with van der Waals surface area (Å²) >= 11 is 0. The lowest BCUT2D eigenvalue weighted by Crippen LogP contribution is -2.59. The van der Waals surface area contributed by atoms with Gasteiger partial charge in [0.25, 0.3) is 0 Å². The average Bonchev–Trinajstić information content (AvgIpc) is 3.17. The molecule has 0 saturated carbocycles. The Morgan fingerprint density at radius 1 is 1.36 bits per heavy atom. The van der Waals surface area contributed by atoms with Crippen LogP contribution in [0, 0.1) is 11.8 Å². The molecule has 8 atom stereocenters. The van der Waals surface area contributed by atoms with Crippen molar-refractivity contribution in [2.24, 2.45) is 11.8 Å². The Morgan fingerprint density at radius 2 is 2.06 bits per heavy atom. The molecular formula is C23H36F4N4O2. The summed E-state index contributed by atoms with van der Waals surface area (Å²) in [5.74, 6) is -0.415. The molecule has 33 heavy (non-hydrogen) atoms. The standard InChI is InChI=1S/C23H36F4N4O2/c1-5-17-18(14(3)28-20-8-9-31(4)11-19(20)24)10-15(6-7-16-12-33-22(32)30-16)29-21(17)13(2)23(25,26)27/h6-7,14-21,28-29H,2,5,8-12H2,1,3-4H3,(H,30,32)/b7-6+. The number of nitrogens with one attached hydrogen (secondary N) is 3. The maximum absolute atomic E-state index is 14.6. The number of carbonyl (C=O) groups excluding carboxylic acids is 1. The molecular weight excluding hydrogens is 440 g/mol. The zero-order valence-electron chi connectivity index (χ0n) is 19.5. The Morgan fingerprint density at radius 3 is 2.64 bits per heavy atom. The number of alkyl halides is 4. The van der Waals surface area contributed by atoms with Crippen molar-refractivity contribution in [2.45, 2.75) is 75.7 Å². The van der Waals surface area contributed by atoms with E-state index in [0.29, 0.717) is 25.8 Å². The van der Waals surface area contributed by atoms with E-state index in [4.69, 9.17) is 4.74 Å². The fraction of sp³-hybridized carbons (Fsp3) is 0.783. The molecule has 1 amide bonds. The van der Waals surface area contributed by atoms with Crippen molar-refractivity contribution >= 4 is 6.09 Å². The summed E-state index contributed by atoms with van der Waals surface area (Å²) in [6.45, 7) is 8.54. The Labute approximate surface area is 193 Å². The highest BCUT2D eigenvalue weighted by Gasteiger charge is 2.46. The van der Waals surface area contributed by atoms with Crippen LogP contribution in [0.15, 0.2) is 24.3 Å². The van der Waals surface area contributed by atoms with Gasteiger partial charge in [-0.1, -0.05) is 32.1 Å². The molecule has 0 spiro atoms. The highest BCUT2D eigenvalue weighted by molar-refractivity contribution is 5.70. The first-order chi connectivity index (χ1) is 15.5. The molecule has 3 saturated heterocycles. The van der Waals surface area contributed by atoms with Crippen LogP contribution < -0.4 is 16.0 Å². The molecule has 0 radical (unpaired) electrons. The Balaban J connectivity index is 1.78. The number of piperidine rings is 2. The maximum atomic E-state index is 14.6. The molecule has 188 valence electrons. The number of ether oxygens (including phenoxy) is 1. The van der Waals surface area contributed by atoms with E-state index in [1.165, 1.54) is 0 Å². The summed E-state index contributed by atoms with van der Waals surface area (Å²) in [7, 11) is 1.88. The smallest absolute Gasteiger partial charge is 0.413 e. The van der Waals surface area contributed by atoms with E-state index >= 15 is 0 Å². The largest absolute Gasteiger partial charge is 0.447 e. The molecule has 0 aromatic heterocycles. The summed E-state index contributed by atoms with van der Waals surface area (Å²) in [6, 6.07) is -2.08. The van der Waals surface area contributed by atoms with E-state index in [2.05, 4.69) is 22.5 Å². The van der Waals surface area contributed by atoms with E-state index in [1.807, 2.05) is 25.8 Å². The second kappa shape index (κ2) is 10.7. The monoisotopic (exact) mass is 476 g/mol. The van der Waals surface area contributed by atoms with E-state index in [0.717, 1.165) is 6.54 Å². The Kier molecular flexibility index (Phi) is 8.45. The van der Waals surface area contributed by atoms with Crippen LogP contribution in [-0.4, -0.2) is 80.3 Å². The van der Waals surface area contributed by atoms with Crippen molar-refractivity contribution in [1.82, 2.24) is 20.9 Å². The third-order valence-electron chi connectivity index (χ3n) is 7.25. The SMILES string of the molecule is C=C(C1NC(/C=C/C2COC(=O)N2)CC(C(C)NC2CCN(C)CC2F)C1CC)C(F)(F)F. The second-order valence-electron chi connectivity index (χ2n) is 9.61. The lowest BCUT2D eigenvalue weighted by molar-refractivity contribution is -0.101. The molecule has 0 bridgehead atoms. The number of amides is 1. The lowest BCUT2D eigenvalue weighted by atomic mass is 9.71. The number of alkyl carbamates (subject to hydrolysis) is 1. The van der Waals surface area contributed by atoms with Crippen molar-refractivity contribution in [2.75, 3.05) is 26.7 Å². The number of hydrogen-bond donors (Lipinski definition) is 3. The zero-order valence-corrected chi connectivity index (χ0v) is 19.5. The molecule has 3 aliphatic rings. The highest BCUT2D eigenvalue weighted by Crippen LogP contribution is 2.39. The molecule has 0 aliphatic carbocycles. The molecule has 6 nitrogen and oxygen atoms in total. The quantitative estimate of drug-likeness (QED) is 0.389. The molecule has 3 aliphatic heterocycles. The summed E-state index contributed by atoms with van der Waals surface area (Å²) in [4.78, 5) is 13.2. The van der Waals surface area contributed by atoms with Gasteiger partial charge in [-0.25, -0.2) is 9.18 Å². The molecule has 3 heterocycles. The molecule has 3 fully saturated rings. The third-order valence-corrected chi connectivity index (χ3v) is 7.25. The van der Waals surface area contributed by atoms with Crippen molar-refractivity contribution in [1.29, 1.82) is 0 Å². The van der Waals surface area contributed by atoms with Crippen molar-refractivity contribution < 1.29 is 27.1 Å². The van der Waals surface area contributed by atoms with Gasteiger partial charge in [-0.3, -0.25) is 0 Å². The van der Waals surface area contributed by atoms with Crippen molar-refractivity contribution in [3.05, 3.63) is 24.3 Å². The molecule has 3 rings (SSSR count). The van der Waals surface area contributed by atoms with Gasteiger partial charge in [-0.2, -0.15) is 13.2 Å². The lowest BCUT2D eigenvalue weighted by Gasteiger charge is -2.47. The van der Waals surface area contributed by atoms with E-state index in [1.54, 1.807) is 12.2 Å². The first-order valence-corrected chi connectivity index (χ1v) is 11.7. The Hall–Kier alpha value is -1.65. The van der Waals surface area contributed by atoms with Crippen LogP contribution in [0.4, 0.5) is 22.4 Å². The highest BCUT2D eigenvalue weighted by atomic mass is 19.4. The van der Waals surface area contributed by atoms with E-state index in [-0.39, 0.29) is 42.6 Å². The number of rotatable bonds is 7. The summed E-state index contributed by atoms with van der Waals surface area (Å²) in [6.07, 6.45) is -0.687. The van der Waals surface area contributed by atoms with Gasteiger partial charge < -0.3 is 25.6 Å². The predicted octanol–water partition coefficient (Wildman–Crippen LogP) is 3.16. The second-order valence-corrected chi connectivity index (χ2v) is 9.61. The van der Waals surface area contributed by atoms with Crippen LogP contribution >= 0.6 is 0 Å². The van der Waals surface area contributed by atoms with Gasteiger partial charge in [0.15, 0.2) is 0 Å². The van der Waals surface area contributed by atoms with Gasteiger partial charge in [-0.15, -0.1) is 0 Å². The molecule has 0 aromatic carbocycles. The fourth-order valence-corrected chi connectivity index (χ4v) is 5.40. The van der Waals surface area contributed by atoms with Crippen LogP contribution in [0.2, 0.25) is 0 Å². The van der Waals surface area contributed by atoms with Crippen LogP contribution in [0.5, 0.6) is 0 Å². The number of carbonyl (C=O) groups is 1. The average molecular weight is 477 g/mol. The van der Waals surface area contributed by atoms with Crippen LogP contribution in [-0.2, 0) is 4.74 Å².